The molecule has 0 aliphatic carbocycles. The summed E-state index contributed by atoms with van der Waals surface area (Å²) in [6, 6.07) is 3.71. The van der Waals surface area contributed by atoms with E-state index in [4.69, 9.17) is 0 Å². The Kier molecular flexibility index (Phi) is 4.34. The largest absolute Gasteiger partial charge is 0.394 e. The summed E-state index contributed by atoms with van der Waals surface area (Å²) in [5.74, 6) is -0.134. The maximum absolute atomic E-state index is 12.1. The zero-order valence-electron chi connectivity index (χ0n) is 11.1. The third kappa shape index (κ3) is 3.09. The minimum atomic E-state index is -0.538. The van der Waals surface area contributed by atoms with Crippen molar-refractivity contribution in [2.75, 3.05) is 6.61 Å². The summed E-state index contributed by atoms with van der Waals surface area (Å²) in [5, 5.41) is 12.3. The molecule has 1 atom stereocenters. The molecule has 0 unspecified atom stereocenters. The molecular weight excluding hydrogens is 216 g/mol. The van der Waals surface area contributed by atoms with Crippen LogP contribution in [0.2, 0.25) is 0 Å². The van der Waals surface area contributed by atoms with Gasteiger partial charge in [-0.15, -0.1) is 0 Å². The summed E-state index contributed by atoms with van der Waals surface area (Å²) in [4.78, 5) is 12.1. The zero-order chi connectivity index (χ0) is 13.1. The first-order valence-corrected chi connectivity index (χ1v) is 5.99. The molecule has 1 aromatic heterocycles. The van der Waals surface area contributed by atoms with Gasteiger partial charge in [0.1, 0.15) is 5.69 Å². The molecule has 0 saturated carbocycles. The predicted octanol–water partition coefficient (Wildman–Crippen LogP) is 1.61. The fraction of sp³-hybridized carbons (Fsp3) is 0.615. The Morgan fingerprint density at radius 1 is 1.53 bits per heavy atom. The van der Waals surface area contributed by atoms with Crippen LogP contribution in [0.3, 0.4) is 0 Å². The van der Waals surface area contributed by atoms with Gasteiger partial charge in [0, 0.05) is 12.7 Å². The molecule has 0 spiro atoms. The molecule has 0 saturated heterocycles. The van der Waals surface area contributed by atoms with Gasteiger partial charge < -0.3 is 15.0 Å². The van der Waals surface area contributed by atoms with Gasteiger partial charge in [0.25, 0.3) is 5.91 Å². The van der Waals surface area contributed by atoms with Gasteiger partial charge in [0.15, 0.2) is 0 Å². The highest BCUT2D eigenvalue weighted by Gasteiger charge is 2.25. The molecule has 0 aliphatic heterocycles. The highest BCUT2D eigenvalue weighted by Crippen LogP contribution is 2.13. The Morgan fingerprint density at radius 3 is 2.59 bits per heavy atom. The number of carbonyl (C=O) groups is 1. The fourth-order valence-electron chi connectivity index (χ4n) is 1.91. The second-order valence-corrected chi connectivity index (χ2v) is 4.84. The lowest BCUT2D eigenvalue weighted by Crippen LogP contribution is -2.49. The number of aryl methyl sites for hydroxylation is 1. The average Bonchev–Trinajstić information content (AvgIpc) is 2.60. The number of aliphatic hydroxyl groups excluding tert-OH is 1. The predicted molar refractivity (Wildman–Crippen MR) is 68.0 cm³/mol. The summed E-state index contributed by atoms with van der Waals surface area (Å²) in [5.41, 5.74) is 1.12. The molecule has 4 heteroatoms. The second-order valence-electron chi connectivity index (χ2n) is 4.84. The summed E-state index contributed by atoms with van der Waals surface area (Å²) >= 11 is 0. The van der Waals surface area contributed by atoms with Crippen molar-refractivity contribution < 1.29 is 9.90 Å². The fourth-order valence-corrected chi connectivity index (χ4v) is 1.91. The number of amides is 1. The number of nitrogens with zero attached hydrogens (tertiary/aromatic N) is 1. The smallest absolute Gasteiger partial charge is 0.268 e. The van der Waals surface area contributed by atoms with Crippen LogP contribution in [0, 0.1) is 6.92 Å². The van der Waals surface area contributed by atoms with Crippen LogP contribution in [-0.4, -0.2) is 27.7 Å². The van der Waals surface area contributed by atoms with E-state index in [1.165, 1.54) is 0 Å². The van der Waals surface area contributed by atoms with Crippen LogP contribution in [0.1, 0.15) is 42.9 Å². The second kappa shape index (κ2) is 5.36. The molecule has 0 radical (unpaired) electrons. The molecule has 1 aromatic rings. The maximum Gasteiger partial charge on any atom is 0.268 e. The first-order chi connectivity index (χ1) is 7.93. The van der Waals surface area contributed by atoms with Gasteiger partial charge in [0.2, 0.25) is 0 Å². The molecular formula is C13H22N2O2. The van der Waals surface area contributed by atoms with Gasteiger partial charge in [0.05, 0.1) is 12.1 Å². The molecule has 1 rings (SSSR count). The van der Waals surface area contributed by atoms with E-state index in [-0.39, 0.29) is 12.5 Å². The van der Waals surface area contributed by atoms with Crippen molar-refractivity contribution in [2.45, 2.75) is 39.2 Å². The lowest BCUT2D eigenvalue weighted by Gasteiger charge is -2.28. The standard InChI is InChI=1S/C13H22N2O2/c1-5-8-13(3,9-16)14-12(17)11-7-6-10(2)15(11)4/h6-7,16H,5,8-9H2,1-4H3,(H,14,17)/t13-/m0/s1. The molecule has 0 bridgehead atoms. The molecule has 1 amide bonds. The van der Waals surface area contributed by atoms with Crippen molar-refractivity contribution in [1.82, 2.24) is 9.88 Å². The van der Waals surface area contributed by atoms with E-state index in [1.807, 2.05) is 38.5 Å². The van der Waals surface area contributed by atoms with E-state index in [9.17, 15) is 9.90 Å². The molecule has 96 valence electrons. The molecule has 17 heavy (non-hydrogen) atoms. The van der Waals surface area contributed by atoms with Crippen LogP contribution in [0.4, 0.5) is 0 Å². The topological polar surface area (TPSA) is 54.3 Å². The van der Waals surface area contributed by atoms with Crippen LogP contribution >= 0.6 is 0 Å². The quantitative estimate of drug-likeness (QED) is 0.819. The first-order valence-electron chi connectivity index (χ1n) is 5.99. The van der Waals surface area contributed by atoms with E-state index in [0.29, 0.717) is 5.69 Å². The van der Waals surface area contributed by atoms with Crippen molar-refractivity contribution in [2.24, 2.45) is 7.05 Å². The molecule has 4 nitrogen and oxygen atoms in total. The minimum absolute atomic E-state index is 0.0456. The lowest BCUT2D eigenvalue weighted by molar-refractivity contribution is 0.0832. The Labute approximate surface area is 103 Å². The number of nitrogens with one attached hydrogen (secondary N) is 1. The molecule has 0 aliphatic rings. The SMILES string of the molecule is CCC[C@@](C)(CO)NC(=O)c1ccc(C)n1C. The van der Waals surface area contributed by atoms with Gasteiger partial charge in [-0.1, -0.05) is 13.3 Å². The Bertz CT molecular complexity index is 398. The van der Waals surface area contributed by atoms with Gasteiger partial charge in [-0.2, -0.15) is 0 Å². The van der Waals surface area contributed by atoms with Crippen LogP contribution < -0.4 is 5.32 Å². The molecule has 2 N–H and O–H groups in total. The van der Waals surface area contributed by atoms with Crippen LogP contribution in [0.15, 0.2) is 12.1 Å². The number of hydrogen-bond donors (Lipinski definition) is 2. The zero-order valence-corrected chi connectivity index (χ0v) is 11.1. The summed E-state index contributed by atoms with van der Waals surface area (Å²) < 4.78 is 1.85. The number of carbonyl (C=O) groups excluding carboxylic acids is 1. The van der Waals surface area contributed by atoms with Crippen LogP contribution in [-0.2, 0) is 7.05 Å². The van der Waals surface area contributed by atoms with Gasteiger partial charge in [-0.25, -0.2) is 0 Å². The van der Waals surface area contributed by atoms with Gasteiger partial charge in [-0.05, 0) is 32.4 Å². The Balaban J connectivity index is 2.81. The monoisotopic (exact) mass is 238 g/mol. The van der Waals surface area contributed by atoms with E-state index in [0.717, 1.165) is 18.5 Å². The van der Waals surface area contributed by atoms with Gasteiger partial charge in [-0.3, -0.25) is 4.79 Å². The van der Waals surface area contributed by atoms with E-state index in [2.05, 4.69) is 5.32 Å². The van der Waals surface area contributed by atoms with E-state index >= 15 is 0 Å². The molecule has 1 heterocycles. The van der Waals surface area contributed by atoms with Crippen LogP contribution in [0.5, 0.6) is 0 Å². The summed E-state index contributed by atoms with van der Waals surface area (Å²) in [7, 11) is 1.86. The first kappa shape index (κ1) is 13.8. The van der Waals surface area contributed by atoms with Gasteiger partial charge >= 0.3 is 0 Å². The molecule has 0 fully saturated rings. The number of aromatic nitrogens is 1. The molecule has 0 aromatic carbocycles. The third-order valence-corrected chi connectivity index (χ3v) is 3.17. The minimum Gasteiger partial charge on any atom is -0.394 e. The van der Waals surface area contributed by atoms with Crippen molar-refractivity contribution >= 4 is 5.91 Å². The normalized spacial score (nSPS) is 14.4. The van der Waals surface area contributed by atoms with Crippen molar-refractivity contribution in [3.63, 3.8) is 0 Å². The number of hydrogen-bond acceptors (Lipinski definition) is 2. The number of aliphatic hydroxyl groups is 1. The number of rotatable bonds is 5. The van der Waals surface area contributed by atoms with Crippen molar-refractivity contribution in [3.8, 4) is 0 Å². The van der Waals surface area contributed by atoms with Crippen molar-refractivity contribution in [1.29, 1.82) is 0 Å². The summed E-state index contributed by atoms with van der Waals surface area (Å²) in [6.07, 6.45) is 1.68. The lowest BCUT2D eigenvalue weighted by atomic mass is 9.97. The van der Waals surface area contributed by atoms with Crippen LogP contribution in [0.25, 0.3) is 0 Å². The highest BCUT2D eigenvalue weighted by molar-refractivity contribution is 5.93. The Hall–Kier alpha value is -1.29. The highest BCUT2D eigenvalue weighted by atomic mass is 16.3. The van der Waals surface area contributed by atoms with Crippen molar-refractivity contribution in [3.05, 3.63) is 23.5 Å². The van der Waals surface area contributed by atoms with E-state index < -0.39 is 5.54 Å². The van der Waals surface area contributed by atoms with E-state index in [1.54, 1.807) is 6.07 Å². The summed E-state index contributed by atoms with van der Waals surface area (Å²) in [6.45, 7) is 5.81. The maximum atomic E-state index is 12.1. The average molecular weight is 238 g/mol. The third-order valence-electron chi connectivity index (χ3n) is 3.17. The Morgan fingerprint density at radius 2 is 2.18 bits per heavy atom.